The zero-order valence-corrected chi connectivity index (χ0v) is 7.49. The highest BCUT2D eigenvalue weighted by molar-refractivity contribution is 6.30. The Morgan fingerprint density at radius 3 is 2.54 bits per heavy atom. The molecule has 63 valence electrons. The molecule has 13 heavy (non-hydrogen) atoms. The molecular formula is C10H6ClN2. The van der Waals surface area contributed by atoms with Crippen LogP contribution in [0.15, 0.2) is 36.7 Å². The van der Waals surface area contributed by atoms with E-state index < -0.39 is 0 Å². The van der Waals surface area contributed by atoms with E-state index in [0.29, 0.717) is 10.8 Å². The maximum atomic E-state index is 5.73. The van der Waals surface area contributed by atoms with E-state index in [-0.39, 0.29) is 0 Å². The quantitative estimate of drug-likeness (QED) is 0.689. The van der Waals surface area contributed by atoms with Crippen LogP contribution in [-0.4, -0.2) is 9.97 Å². The molecule has 0 N–H and O–H groups in total. The molecule has 0 unspecified atom stereocenters. The predicted octanol–water partition coefficient (Wildman–Crippen LogP) is 2.60. The minimum Gasteiger partial charge on any atom is -0.237 e. The van der Waals surface area contributed by atoms with Crippen LogP contribution in [0, 0.1) is 6.07 Å². The Morgan fingerprint density at radius 2 is 1.92 bits per heavy atom. The summed E-state index contributed by atoms with van der Waals surface area (Å²) in [6.45, 7) is 0. The SMILES string of the molecule is Clc1c[c]c(-c2ncccn2)cc1. The lowest BCUT2D eigenvalue weighted by atomic mass is 10.2. The zero-order valence-electron chi connectivity index (χ0n) is 6.74. The van der Waals surface area contributed by atoms with Crippen LogP contribution in [0.5, 0.6) is 0 Å². The Bertz CT molecular complexity index is 383. The highest BCUT2D eigenvalue weighted by Crippen LogP contribution is 2.15. The summed E-state index contributed by atoms with van der Waals surface area (Å²) in [5.41, 5.74) is 0.852. The third kappa shape index (κ3) is 1.84. The first-order valence-electron chi connectivity index (χ1n) is 3.81. The van der Waals surface area contributed by atoms with Crippen LogP contribution in [0.1, 0.15) is 0 Å². The molecule has 0 aliphatic carbocycles. The number of aromatic nitrogens is 2. The lowest BCUT2D eigenvalue weighted by Crippen LogP contribution is -1.85. The summed E-state index contributed by atoms with van der Waals surface area (Å²) in [6.07, 6.45) is 3.40. The molecule has 3 heteroatoms. The summed E-state index contributed by atoms with van der Waals surface area (Å²) in [4.78, 5) is 8.19. The van der Waals surface area contributed by atoms with Gasteiger partial charge in [0.05, 0.1) is 0 Å². The fourth-order valence-corrected chi connectivity index (χ4v) is 1.10. The van der Waals surface area contributed by atoms with Crippen LogP contribution in [0.25, 0.3) is 11.4 Å². The monoisotopic (exact) mass is 189 g/mol. The van der Waals surface area contributed by atoms with Gasteiger partial charge in [-0.3, -0.25) is 0 Å². The van der Waals surface area contributed by atoms with E-state index in [4.69, 9.17) is 11.6 Å². The fourth-order valence-electron chi connectivity index (χ4n) is 0.983. The van der Waals surface area contributed by atoms with Crippen LogP contribution in [0.2, 0.25) is 5.02 Å². The molecule has 1 radical (unpaired) electrons. The summed E-state index contributed by atoms with van der Waals surface area (Å²) in [5, 5.41) is 0.666. The van der Waals surface area contributed by atoms with Crippen molar-refractivity contribution < 1.29 is 0 Å². The van der Waals surface area contributed by atoms with Crippen molar-refractivity contribution in [3.8, 4) is 11.4 Å². The average Bonchev–Trinajstić information content (AvgIpc) is 2.20. The highest BCUT2D eigenvalue weighted by atomic mass is 35.5. The maximum absolute atomic E-state index is 5.73. The van der Waals surface area contributed by atoms with Gasteiger partial charge in [-0.25, -0.2) is 9.97 Å². The van der Waals surface area contributed by atoms with E-state index in [1.165, 1.54) is 0 Å². The number of halogens is 1. The maximum Gasteiger partial charge on any atom is 0.159 e. The van der Waals surface area contributed by atoms with Gasteiger partial charge in [-0.1, -0.05) is 11.6 Å². The molecule has 2 nitrogen and oxygen atoms in total. The van der Waals surface area contributed by atoms with Gasteiger partial charge in [-0.15, -0.1) is 0 Å². The fraction of sp³-hybridized carbons (Fsp3) is 0. The van der Waals surface area contributed by atoms with Crippen molar-refractivity contribution in [3.63, 3.8) is 0 Å². The molecule has 1 heterocycles. The lowest BCUT2D eigenvalue weighted by molar-refractivity contribution is 1.17. The number of benzene rings is 1. The van der Waals surface area contributed by atoms with Crippen LogP contribution in [0.4, 0.5) is 0 Å². The molecule has 0 spiro atoms. The number of hydrogen-bond donors (Lipinski definition) is 0. The molecule has 0 bridgehead atoms. The number of rotatable bonds is 1. The van der Waals surface area contributed by atoms with E-state index in [1.54, 1.807) is 30.6 Å². The van der Waals surface area contributed by atoms with Crippen molar-refractivity contribution in [2.75, 3.05) is 0 Å². The Kier molecular flexibility index (Phi) is 2.23. The molecular weight excluding hydrogens is 184 g/mol. The van der Waals surface area contributed by atoms with Gasteiger partial charge in [0, 0.05) is 23.0 Å². The molecule has 0 amide bonds. The van der Waals surface area contributed by atoms with Gasteiger partial charge in [0.1, 0.15) is 0 Å². The third-order valence-corrected chi connectivity index (χ3v) is 1.82. The summed E-state index contributed by atoms with van der Waals surface area (Å²) in [7, 11) is 0. The molecule has 0 saturated carbocycles. The molecule has 1 aromatic carbocycles. The molecule has 2 rings (SSSR count). The van der Waals surface area contributed by atoms with Crippen LogP contribution in [-0.2, 0) is 0 Å². The number of hydrogen-bond acceptors (Lipinski definition) is 2. The van der Waals surface area contributed by atoms with E-state index >= 15 is 0 Å². The second-order valence-corrected chi connectivity index (χ2v) is 2.93. The highest BCUT2D eigenvalue weighted by Gasteiger charge is 1.98. The first-order chi connectivity index (χ1) is 6.36. The first-order valence-corrected chi connectivity index (χ1v) is 4.19. The van der Waals surface area contributed by atoms with Crippen molar-refractivity contribution in [3.05, 3.63) is 47.7 Å². The topological polar surface area (TPSA) is 25.8 Å². The standard InChI is InChI=1S/C10H6ClN2/c11-9-4-2-8(3-5-9)10-12-6-1-7-13-10/h1-2,4-7H. The third-order valence-electron chi connectivity index (χ3n) is 1.58. The smallest absolute Gasteiger partial charge is 0.159 e. The summed E-state index contributed by atoms with van der Waals surface area (Å²) in [6, 6.07) is 10.1. The Balaban J connectivity index is 2.42. The van der Waals surface area contributed by atoms with E-state index in [1.807, 2.05) is 6.07 Å². The van der Waals surface area contributed by atoms with E-state index in [2.05, 4.69) is 16.0 Å². The van der Waals surface area contributed by atoms with Crippen molar-refractivity contribution in [1.29, 1.82) is 0 Å². The molecule has 0 atom stereocenters. The molecule has 0 saturated heterocycles. The Labute approximate surface area is 81.2 Å². The van der Waals surface area contributed by atoms with Crippen molar-refractivity contribution in [2.24, 2.45) is 0 Å². The Morgan fingerprint density at radius 1 is 1.15 bits per heavy atom. The van der Waals surface area contributed by atoms with Gasteiger partial charge < -0.3 is 0 Å². The first kappa shape index (κ1) is 8.20. The van der Waals surface area contributed by atoms with Gasteiger partial charge in [-0.05, 0) is 30.3 Å². The largest absolute Gasteiger partial charge is 0.237 e. The Hall–Kier alpha value is -1.41. The van der Waals surface area contributed by atoms with Gasteiger partial charge in [0.2, 0.25) is 0 Å². The zero-order chi connectivity index (χ0) is 9.10. The molecule has 0 fully saturated rings. The number of nitrogens with zero attached hydrogens (tertiary/aromatic N) is 2. The van der Waals surface area contributed by atoms with Crippen molar-refractivity contribution in [1.82, 2.24) is 9.97 Å². The van der Waals surface area contributed by atoms with Crippen LogP contribution < -0.4 is 0 Å². The van der Waals surface area contributed by atoms with Gasteiger partial charge in [0.15, 0.2) is 5.82 Å². The molecule has 0 aliphatic rings. The van der Waals surface area contributed by atoms with Gasteiger partial charge in [0.25, 0.3) is 0 Å². The second kappa shape index (κ2) is 3.54. The molecule has 1 aromatic heterocycles. The lowest BCUT2D eigenvalue weighted by Gasteiger charge is -1.97. The minimum absolute atomic E-state index is 0.666. The summed E-state index contributed by atoms with van der Waals surface area (Å²) in [5.74, 6) is 0.666. The van der Waals surface area contributed by atoms with Crippen LogP contribution in [0.3, 0.4) is 0 Å². The normalized spacial score (nSPS) is 9.92. The van der Waals surface area contributed by atoms with Crippen molar-refractivity contribution >= 4 is 11.6 Å². The summed E-state index contributed by atoms with van der Waals surface area (Å²) >= 11 is 5.73. The second-order valence-electron chi connectivity index (χ2n) is 2.49. The van der Waals surface area contributed by atoms with Gasteiger partial charge >= 0.3 is 0 Å². The minimum atomic E-state index is 0.666. The molecule has 2 aromatic rings. The van der Waals surface area contributed by atoms with E-state index in [0.717, 1.165) is 5.56 Å². The molecule has 0 aliphatic heterocycles. The van der Waals surface area contributed by atoms with Crippen LogP contribution >= 0.6 is 11.6 Å². The van der Waals surface area contributed by atoms with E-state index in [9.17, 15) is 0 Å². The predicted molar refractivity (Wildman–Crippen MR) is 51.3 cm³/mol. The van der Waals surface area contributed by atoms with Gasteiger partial charge in [-0.2, -0.15) is 0 Å². The van der Waals surface area contributed by atoms with Crippen molar-refractivity contribution in [2.45, 2.75) is 0 Å². The average molecular weight is 190 g/mol. The summed E-state index contributed by atoms with van der Waals surface area (Å²) < 4.78 is 0.